The number of aromatic nitrogens is 1. The standard InChI is InChI=1S/C15H16N2S.C4H4O4/c1-2-6-12-10(4-1)8-13-15(12)17-14(18-13)9-11-5-3-7-16-11;5-3(6)1-2-4(7)8/h1-2,4,8,11,16H,3,5-7,9H2;1-2H,(H,5,6)(H,7,8). The van der Waals surface area contributed by atoms with Crippen LogP contribution < -0.4 is 15.2 Å². The molecular weight excluding hydrogens is 352 g/mol. The lowest BCUT2D eigenvalue weighted by Crippen LogP contribution is -2.24. The van der Waals surface area contributed by atoms with E-state index in [-0.39, 0.29) is 0 Å². The second-order valence-corrected chi connectivity index (χ2v) is 7.32. The van der Waals surface area contributed by atoms with Crippen molar-refractivity contribution in [3.8, 4) is 0 Å². The van der Waals surface area contributed by atoms with Crippen LogP contribution in [-0.4, -0.2) is 39.7 Å². The van der Waals surface area contributed by atoms with Crippen LogP contribution in [0.1, 0.15) is 24.3 Å². The molecule has 0 saturated carbocycles. The summed E-state index contributed by atoms with van der Waals surface area (Å²) in [7, 11) is 0. The molecule has 0 spiro atoms. The SMILES string of the molecule is C1=CCC2=c3nc(CC4CCCN4)sc3=CC2=C1.O=C(O)C=CC(=O)O. The summed E-state index contributed by atoms with van der Waals surface area (Å²) in [6.07, 6.45) is 14.8. The molecule has 1 unspecified atom stereocenters. The van der Waals surface area contributed by atoms with E-state index < -0.39 is 11.9 Å². The van der Waals surface area contributed by atoms with Gasteiger partial charge < -0.3 is 15.5 Å². The van der Waals surface area contributed by atoms with E-state index in [9.17, 15) is 9.59 Å². The third-order valence-electron chi connectivity index (χ3n) is 4.30. The maximum Gasteiger partial charge on any atom is 0.328 e. The maximum absolute atomic E-state index is 9.55. The molecule has 0 radical (unpaired) electrons. The molecule has 7 heteroatoms. The van der Waals surface area contributed by atoms with Crippen molar-refractivity contribution in [2.24, 2.45) is 0 Å². The van der Waals surface area contributed by atoms with Gasteiger partial charge in [-0.05, 0) is 43.0 Å². The van der Waals surface area contributed by atoms with Crippen LogP contribution in [0.3, 0.4) is 0 Å². The normalized spacial score (nSPS) is 20.1. The van der Waals surface area contributed by atoms with Gasteiger partial charge in [0.1, 0.15) is 0 Å². The summed E-state index contributed by atoms with van der Waals surface area (Å²) in [5, 5.41) is 21.7. The molecule has 0 amide bonds. The summed E-state index contributed by atoms with van der Waals surface area (Å²) < 4.78 is 1.37. The molecule has 2 aliphatic carbocycles. The van der Waals surface area contributed by atoms with E-state index in [4.69, 9.17) is 15.2 Å². The molecule has 1 saturated heterocycles. The van der Waals surface area contributed by atoms with E-state index in [0.717, 1.165) is 12.8 Å². The highest BCUT2D eigenvalue weighted by molar-refractivity contribution is 7.09. The predicted molar refractivity (Wildman–Crippen MR) is 100 cm³/mol. The monoisotopic (exact) mass is 372 g/mol. The molecule has 26 heavy (non-hydrogen) atoms. The third kappa shape index (κ3) is 4.56. The molecule has 1 aliphatic heterocycles. The Labute approximate surface area is 154 Å². The average Bonchev–Trinajstić information content (AvgIpc) is 3.30. The number of hydrogen-bond donors (Lipinski definition) is 3. The fourth-order valence-corrected chi connectivity index (χ4v) is 4.28. The summed E-state index contributed by atoms with van der Waals surface area (Å²) in [4.78, 5) is 24.0. The quantitative estimate of drug-likeness (QED) is 0.682. The van der Waals surface area contributed by atoms with Gasteiger partial charge in [-0.15, -0.1) is 11.3 Å². The van der Waals surface area contributed by atoms with Crippen LogP contribution in [0.25, 0.3) is 11.6 Å². The molecule has 3 aliphatic rings. The zero-order valence-corrected chi connectivity index (χ0v) is 15.0. The minimum atomic E-state index is -1.26. The number of hydrogen-bond acceptors (Lipinski definition) is 5. The van der Waals surface area contributed by atoms with Crippen LogP contribution in [0, 0.1) is 0 Å². The molecule has 0 bridgehead atoms. The second kappa shape index (κ2) is 8.25. The molecule has 1 aromatic rings. The number of rotatable bonds is 4. The highest BCUT2D eigenvalue weighted by Crippen LogP contribution is 2.23. The molecule has 6 nitrogen and oxygen atoms in total. The summed E-state index contributed by atoms with van der Waals surface area (Å²) in [5.41, 5.74) is 2.80. The van der Waals surface area contributed by atoms with Crippen LogP contribution in [0.2, 0.25) is 0 Å². The Morgan fingerprint density at radius 1 is 1.31 bits per heavy atom. The number of nitrogens with zero attached hydrogens (tertiary/aromatic N) is 1. The van der Waals surface area contributed by atoms with Crippen molar-refractivity contribution in [3.63, 3.8) is 0 Å². The molecule has 4 rings (SSSR count). The van der Waals surface area contributed by atoms with Crippen LogP contribution in [0.15, 0.2) is 36.0 Å². The lowest BCUT2D eigenvalue weighted by Gasteiger charge is -2.07. The number of fused-ring (bicyclic) bond motifs is 2. The zero-order chi connectivity index (χ0) is 18.5. The van der Waals surface area contributed by atoms with Gasteiger partial charge in [-0.2, -0.15) is 0 Å². The van der Waals surface area contributed by atoms with Crippen LogP contribution in [0.5, 0.6) is 0 Å². The first kappa shape index (κ1) is 18.3. The van der Waals surface area contributed by atoms with E-state index >= 15 is 0 Å². The minimum Gasteiger partial charge on any atom is -0.478 e. The zero-order valence-electron chi connectivity index (χ0n) is 14.1. The van der Waals surface area contributed by atoms with E-state index in [1.54, 1.807) is 0 Å². The van der Waals surface area contributed by atoms with Gasteiger partial charge in [0.25, 0.3) is 0 Å². The lowest BCUT2D eigenvalue weighted by atomic mass is 10.0. The molecule has 136 valence electrons. The van der Waals surface area contributed by atoms with E-state index in [2.05, 4.69) is 29.6 Å². The summed E-state index contributed by atoms with van der Waals surface area (Å²) in [6.45, 7) is 1.18. The summed E-state index contributed by atoms with van der Waals surface area (Å²) in [5.74, 6) is -2.51. The topological polar surface area (TPSA) is 99.5 Å². The first-order chi connectivity index (χ1) is 12.5. The fraction of sp³-hybridized carbons (Fsp3) is 0.316. The van der Waals surface area contributed by atoms with Gasteiger partial charge in [0.15, 0.2) is 0 Å². The summed E-state index contributed by atoms with van der Waals surface area (Å²) >= 11 is 1.88. The smallest absolute Gasteiger partial charge is 0.328 e. The van der Waals surface area contributed by atoms with E-state index in [1.807, 2.05) is 11.3 Å². The maximum atomic E-state index is 9.55. The lowest BCUT2D eigenvalue weighted by molar-refractivity contribution is -0.134. The molecule has 1 aromatic heterocycles. The molecule has 1 fully saturated rings. The van der Waals surface area contributed by atoms with Gasteiger partial charge in [0.05, 0.1) is 14.9 Å². The van der Waals surface area contributed by atoms with Crippen LogP contribution >= 0.6 is 11.3 Å². The number of allylic oxidation sites excluding steroid dienone is 4. The third-order valence-corrected chi connectivity index (χ3v) is 5.33. The Morgan fingerprint density at radius 3 is 2.73 bits per heavy atom. The molecule has 1 atom stereocenters. The number of carbonyl (C=O) groups is 2. The van der Waals surface area contributed by atoms with Crippen molar-refractivity contribution >= 4 is 34.9 Å². The average molecular weight is 372 g/mol. The van der Waals surface area contributed by atoms with Gasteiger partial charge >= 0.3 is 11.9 Å². The Hall–Kier alpha value is -2.51. The first-order valence-electron chi connectivity index (χ1n) is 8.48. The Morgan fingerprint density at radius 2 is 2.08 bits per heavy atom. The number of carboxylic acid groups (broad SMARTS) is 2. The number of nitrogens with one attached hydrogen (secondary N) is 1. The van der Waals surface area contributed by atoms with Crippen LogP contribution in [-0.2, 0) is 16.0 Å². The molecule has 2 heterocycles. The van der Waals surface area contributed by atoms with E-state index in [1.165, 1.54) is 45.4 Å². The number of aliphatic carboxylic acids is 2. The van der Waals surface area contributed by atoms with E-state index in [0.29, 0.717) is 18.2 Å². The predicted octanol–water partition coefficient (Wildman–Crippen LogP) is 0.980. The largest absolute Gasteiger partial charge is 0.478 e. The highest BCUT2D eigenvalue weighted by atomic mass is 32.1. The molecular formula is C19H20N2O4S. The van der Waals surface area contributed by atoms with Gasteiger partial charge in [-0.1, -0.05) is 18.2 Å². The van der Waals surface area contributed by atoms with Crippen molar-refractivity contribution in [1.82, 2.24) is 10.3 Å². The summed E-state index contributed by atoms with van der Waals surface area (Å²) in [6, 6.07) is 0.655. The first-order valence-corrected chi connectivity index (χ1v) is 9.29. The van der Waals surface area contributed by atoms with Crippen molar-refractivity contribution in [2.45, 2.75) is 31.7 Å². The fourth-order valence-electron chi connectivity index (χ4n) is 3.15. The van der Waals surface area contributed by atoms with Gasteiger partial charge in [0.2, 0.25) is 0 Å². The minimum absolute atomic E-state index is 0.558. The Bertz CT molecular complexity index is 902. The van der Waals surface area contributed by atoms with Crippen molar-refractivity contribution in [2.75, 3.05) is 6.54 Å². The van der Waals surface area contributed by atoms with Crippen molar-refractivity contribution < 1.29 is 19.8 Å². The van der Waals surface area contributed by atoms with Gasteiger partial charge in [-0.25, -0.2) is 14.6 Å². The van der Waals surface area contributed by atoms with Crippen molar-refractivity contribution in [1.29, 1.82) is 0 Å². The van der Waals surface area contributed by atoms with Gasteiger partial charge in [0, 0.05) is 24.6 Å². The molecule has 0 aromatic carbocycles. The Kier molecular flexibility index (Phi) is 5.80. The highest BCUT2D eigenvalue weighted by Gasteiger charge is 2.19. The van der Waals surface area contributed by atoms with Crippen molar-refractivity contribution in [3.05, 3.63) is 50.8 Å². The second-order valence-electron chi connectivity index (χ2n) is 6.20. The Balaban J connectivity index is 0.000000211. The number of carboxylic acids is 2. The van der Waals surface area contributed by atoms with Gasteiger partial charge in [-0.3, -0.25) is 0 Å². The molecule has 3 N–H and O–H groups in total. The number of thiazole rings is 1. The van der Waals surface area contributed by atoms with Crippen LogP contribution in [0.4, 0.5) is 0 Å².